The van der Waals surface area contributed by atoms with E-state index in [0.29, 0.717) is 12.3 Å². The van der Waals surface area contributed by atoms with E-state index < -0.39 is 10.2 Å². The van der Waals surface area contributed by atoms with Crippen LogP contribution in [0.25, 0.3) is 0 Å². The summed E-state index contributed by atoms with van der Waals surface area (Å²) in [6, 6.07) is 5.24. The lowest BCUT2D eigenvalue weighted by molar-refractivity contribution is 0.311. The number of anilines is 2. The highest BCUT2D eigenvalue weighted by Crippen LogP contribution is 2.33. The first-order chi connectivity index (χ1) is 8.40. The number of benzene rings is 1. The van der Waals surface area contributed by atoms with Crippen LogP contribution in [0, 0.1) is 0 Å². The molecule has 0 saturated heterocycles. The van der Waals surface area contributed by atoms with Crippen molar-refractivity contribution in [3.8, 4) is 5.75 Å². The Bertz CT molecular complexity index is 542. The largest absolute Gasteiger partial charge is 0.490 e. The molecule has 0 bridgehead atoms. The summed E-state index contributed by atoms with van der Waals surface area (Å²) >= 11 is 0. The van der Waals surface area contributed by atoms with Crippen molar-refractivity contribution in [3.63, 3.8) is 0 Å². The number of likely N-dealkylation sites (N-methyl/N-ethyl adjacent to an activating group) is 1. The number of rotatable bonds is 3. The topological polar surface area (TPSA) is 61.9 Å². The van der Waals surface area contributed by atoms with E-state index >= 15 is 0 Å². The standard InChI is InChI=1S/C11H17N3O3S/c1-13(2)18(15,16)12-9-4-5-11-10(8-9)14(3)6-7-17-11/h4-5,8,12H,6-7H2,1-3H3. The van der Waals surface area contributed by atoms with Gasteiger partial charge in [-0.3, -0.25) is 4.72 Å². The summed E-state index contributed by atoms with van der Waals surface area (Å²) in [7, 11) is 1.44. The Labute approximate surface area is 107 Å². The molecule has 0 aliphatic carbocycles. The quantitative estimate of drug-likeness (QED) is 0.880. The van der Waals surface area contributed by atoms with E-state index in [-0.39, 0.29) is 0 Å². The van der Waals surface area contributed by atoms with Gasteiger partial charge in [0.15, 0.2) is 0 Å². The summed E-state index contributed by atoms with van der Waals surface area (Å²) in [4.78, 5) is 2.03. The Morgan fingerprint density at radius 3 is 2.78 bits per heavy atom. The number of ether oxygens (including phenoxy) is 1. The first-order valence-electron chi connectivity index (χ1n) is 5.58. The van der Waals surface area contributed by atoms with Gasteiger partial charge < -0.3 is 9.64 Å². The first kappa shape index (κ1) is 13.0. The van der Waals surface area contributed by atoms with Gasteiger partial charge in [-0.25, -0.2) is 0 Å². The van der Waals surface area contributed by atoms with Crippen LogP contribution in [-0.2, 0) is 10.2 Å². The summed E-state index contributed by atoms with van der Waals surface area (Å²) in [5.41, 5.74) is 1.42. The fourth-order valence-electron chi connectivity index (χ4n) is 1.65. The number of hydrogen-bond acceptors (Lipinski definition) is 4. The molecule has 0 amide bonds. The molecular formula is C11H17N3O3S. The summed E-state index contributed by atoms with van der Waals surface area (Å²) in [5.74, 6) is 0.775. The Balaban J connectivity index is 2.29. The molecule has 0 unspecified atom stereocenters. The highest BCUT2D eigenvalue weighted by molar-refractivity contribution is 7.90. The molecule has 1 aliphatic heterocycles. The molecule has 100 valence electrons. The minimum atomic E-state index is -3.47. The van der Waals surface area contributed by atoms with Gasteiger partial charge in [0.1, 0.15) is 12.4 Å². The van der Waals surface area contributed by atoms with E-state index in [0.717, 1.165) is 22.3 Å². The molecule has 1 aromatic rings. The smallest absolute Gasteiger partial charge is 0.301 e. The number of nitrogens with one attached hydrogen (secondary N) is 1. The molecule has 0 saturated carbocycles. The zero-order valence-electron chi connectivity index (χ0n) is 10.7. The lowest BCUT2D eigenvalue weighted by Crippen LogP contribution is -2.30. The maximum Gasteiger partial charge on any atom is 0.301 e. The fourth-order valence-corrected chi connectivity index (χ4v) is 2.26. The lowest BCUT2D eigenvalue weighted by Gasteiger charge is -2.28. The summed E-state index contributed by atoms with van der Waals surface area (Å²) < 4.78 is 32.6. The van der Waals surface area contributed by atoms with Crippen LogP contribution in [0.4, 0.5) is 11.4 Å². The fraction of sp³-hybridized carbons (Fsp3) is 0.455. The van der Waals surface area contributed by atoms with Crippen LogP contribution in [0.15, 0.2) is 18.2 Å². The van der Waals surface area contributed by atoms with Crippen molar-refractivity contribution >= 4 is 21.6 Å². The van der Waals surface area contributed by atoms with Crippen LogP contribution in [0.2, 0.25) is 0 Å². The van der Waals surface area contributed by atoms with Crippen molar-refractivity contribution in [1.29, 1.82) is 0 Å². The van der Waals surface area contributed by atoms with Crippen molar-refractivity contribution in [3.05, 3.63) is 18.2 Å². The summed E-state index contributed by atoms with van der Waals surface area (Å²) in [6.45, 7) is 1.43. The third kappa shape index (κ3) is 2.51. The van der Waals surface area contributed by atoms with Crippen molar-refractivity contribution < 1.29 is 13.2 Å². The van der Waals surface area contributed by atoms with Gasteiger partial charge in [-0.05, 0) is 18.2 Å². The van der Waals surface area contributed by atoms with Crippen molar-refractivity contribution in [1.82, 2.24) is 4.31 Å². The van der Waals surface area contributed by atoms with E-state index in [1.54, 1.807) is 18.2 Å². The molecule has 1 aliphatic rings. The van der Waals surface area contributed by atoms with E-state index in [1.165, 1.54) is 14.1 Å². The van der Waals surface area contributed by atoms with Crippen molar-refractivity contribution in [2.75, 3.05) is 43.9 Å². The van der Waals surface area contributed by atoms with Gasteiger partial charge in [-0.15, -0.1) is 0 Å². The van der Waals surface area contributed by atoms with Crippen LogP contribution >= 0.6 is 0 Å². The third-order valence-corrected chi connectivity index (χ3v) is 4.24. The zero-order chi connectivity index (χ0) is 13.3. The Morgan fingerprint density at radius 2 is 2.11 bits per heavy atom. The van der Waals surface area contributed by atoms with Crippen LogP contribution in [0.3, 0.4) is 0 Å². The highest BCUT2D eigenvalue weighted by atomic mass is 32.2. The second-order valence-corrected chi connectivity index (χ2v) is 6.23. The van der Waals surface area contributed by atoms with Crippen molar-refractivity contribution in [2.24, 2.45) is 0 Å². The molecule has 1 N–H and O–H groups in total. The Kier molecular flexibility index (Phi) is 3.36. The maximum atomic E-state index is 11.7. The van der Waals surface area contributed by atoms with Gasteiger partial charge in [0.05, 0.1) is 17.9 Å². The van der Waals surface area contributed by atoms with Crippen LogP contribution in [0.5, 0.6) is 5.75 Å². The Hall–Kier alpha value is -1.47. The van der Waals surface area contributed by atoms with E-state index in [9.17, 15) is 8.42 Å². The molecule has 0 aromatic heterocycles. The molecule has 0 fully saturated rings. The monoisotopic (exact) mass is 271 g/mol. The van der Waals surface area contributed by atoms with Gasteiger partial charge in [-0.2, -0.15) is 12.7 Å². The molecule has 0 radical (unpaired) electrons. The molecule has 0 spiro atoms. The average Bonchev–Trinajstić information content (AvgIpc) is 2.29. The number of fused-ring (bicyclic) bond motifs is 1. The van der Waals surface area contributed by atoms with Crippen molar-refractivity contribution in [2.45, 2.75) is 0 Å². The van der Waals surface area contributed by atoms with Crippen LogP contribution in [-0.4, -0.2) is 47.0 Å². The predicted molar refractivity (Wildman–Crippen MR) is 71.4 cm³/mol. The molecule has 1 aromatic carbocycles. The van der Waals surface area contributed by atoms with E-state index in [1.807, 2.05) is 11.9 Å². The highest BCUT2D eigenvalue weighted by Gasteiger charge is 2.18. The Morgan fingerprint density at radius 1 is 1.39 bits per heavy atom. The molecule has 0 atom stereocenters. The third-order valence-electron chi connectivity index (χ3n) is 2.78. The molecular weight excluding hydrogens is 254 g/mol. The van der Waals surface area contributed by atoms with Crippen LogP contribution in [0.1, 0.15) is 0 Å². The average molecular weight is 271 g/mol. The van der Waals surface area contributed by atoms with Gasteiger partial charge in [0.25, 0.3) is 0 Å². The number of nitrogens with zero attached hydrogens (tertiary/aromatic N) is 2. The zero-order valence-corrected chi connectivity index (χ0v) is 11.5. The lowest BCUT2D eigenvalue weighted by atomic mass is 10.2. The van der Waals surface area contributed by atoms with Gasteiger partial charge >= 0.3 is 10.2 Å². The minimum Gasteiger partial charge on any atom is -0.490 e. The molecule has 6 nitrogen and oxygen atoms in total. The second kappa shape index (κ2) is 4.66. The number of hydrogen-bond donors (Lipinski definition) is 1. The molecule has 2 rings (SSSR count). The van der Waals surface area contributed by atoms with E-state index in [4.69, 9.17) is 4.74 Å². The molecule has 18 heavy (non-hydrogen) atoms. The SMILES string of the molecule is CN1CCOc2ccc(NS(=O)(=O)N(C)C)cc21. The van der Waals surface area contributed by atoms with Gasteiger partial charge in [0.2, 0.25) is 0 Å². The maximum absolute atomic E-state index is 11.7. The minimum absolute atomic E-state index is 0.528. The first-order valence-corrected chi connectivity index (χ1v) is 7.02. The summed E-state index contributed by atoms with van der Waals surface area (Å²) in [6.07, 6.45) is 0. The van der Waals surface area contributed by atoms with Gasteiger partial charge in [0, 0.05) is 21.1 Å². The second-order valence-electron chi connectivity index (χ2n) is 4.34. The molecule has 1 heterocycles. The molecule has 7 heteroatoms. The predicted octanol–water partition coefficient (Wildman–Crippen LogP) is 0.734. The van der Waals surface area contributed by atoms with Gasteiger partial charge in [-0.1, -0.05) is 0 Å². The normalized spacial score (nSPS) is 15.2. The van der Waals surface area contributed by atoms with E-state index in [2.05, 4.69) is 4.72 Å². The summed E-state index contributed by atoms with van der Waals surface area (Å²) in [5, 5.41) is 0. The van der Waals surface area contributed by atoms with Crippen LogP contribution < -0.4 is 14.4 Å².